The third-order valence-electron chi connectivity index (χ3n) is 4.58. The topological polar surface area (TPSA) is 80.0 Å². The predicted octanol–water partition coefficient (Wildman–Crippen LogP) is 3.47. The van der Waals surface area contributed by atoms with Gasteiger partial charge >= 0.3 is 5.97 Å². The molecule has 1 atom stereocenters. The van der Waals surface area contributed by atoms with Gasteiger partial charge in [0.25, 0.3) is 6.47 Å². The van der Waals surface area contributed by atoms with Crippen molar-refractivity contribution in [1.29, 1.82) is 0 Å². The number of nitrogens with zero attached hydrogens (tertiary/aromatic N) is 1. The zero-order valence-corrected chi connectivity index (χ0v) is 14.6. The van der Waals surface area contributed by atoms with Crippen molar-refractivity contribution in [3.05, 3.63) is 59.4 Å². The molecule has 6 heteroatoms. The minimum atomic E-state index is -0.250. The molecule has 0 fully saturated rings. The lowest BCUT2D eigenvalue weighted by Gasteiger charge is -2.21. The van der Waals surface area contributed by atoms with E-state index in [0.29, 0.717) is 18.2 Å². The highest BCUT2D eigenvalue weighted by molar-refractivity contribution is 5.94. The maximum Gasteiger partial charge on any atom is 0.338 e. The molecule has 0 saturated heterocycles. The quantitative estimate of drug-likeness (QED) is 0.514. The number of rotatable bonds is 4. The van der Waals surface area contributed by atoms with Crippen LogP contribution < -0.4 is 0 Å². The fourth-order valence-electron chi connectivity index (χ4n) is 3.27. The summed E-state index contributed by atoms with van der Waals surface area (Å²) in [6, 6.07) is 10.3. The summed E-state index contributed by atoms with van der Waals surface area (Å²) in [5.41, 5.74) is 2.51. The van der Waals surface area contributed by atoms with E-state index in [4.69, 9.17) is 19.1 Å². The maximum atomic E-state index is 11.7. The Labute approximate surface area is 151 Å². The van der Waals surface area contributed by atoms with Crippen LogP contribution >= 0.6 is 0 Å². The normalized spacial score (nSPS) is 18.2. The molecule has 0 radical (unpaired) electrons. The molecule has 0 amide bonds. The van der Waals surface area contributed by atoms with Crippen molar-refractivity contribution in [1.82, 2.24) is 4.90 Å². The molecule has 0 spiro atoms. The van der Waals surface area contributed by atoms with Crippen LogP contribution in [0.4, 0.5) is 0 Å². The van der Waals surface area contributed by atoms with Gasteiger partial charge in [0.2, 0.25) is 0 Å². The van der Waals surface area contributed by atoms with Gasteiger partial charge in [0.05, 0.1) is 12.1 Å². The fourth-order valence-corrected chi connectivity index (χ4v) is 3.27. The molecular formula is C20H21NO5. The first kappa shape index (κ1) is 17.9. The summed E-state index contributed by atoms with van der Waals surface area (Å²) in [7, 11) is 0. The maximum absolute atomic E-state index is 11.7. The summed E-state index contributed by atoms with van der Waals surface area (Å²) in [6.45, 7) is 4.10. The number of benzene rings is 1. The van der Waals surface area contributed by atoms with Crippen LogP contribution in [-0.2, 0) is 22.7 Å². The van der Waals surface area contributed by atoms with Crippen LogP contribution in [0.2, 0.25) is 0 Å². The Hall–Kier alpha value is -2.86. The molecule has 2 aliphatic heterocycles. The van der Waals surface area contributed by atoms with Gasteiger partial charge in [-0.2, -0.15) is 0 Å². The Morgan fingerprint density at radius 2 is 2.12 bits per heavy atom. The first-order chi connectivity index (χ1) is 12.7. The molecule has 4 rings (SSSR count). The van der Waals surface area contributed by atoms with Crippen LogP contribution in [-0.4, -0.2) is 35.0 Å². The minimum Gasteiger partial charge on any atom is -0.483 e. The standard InChI is InChI=1S/C19H19NO3.CH2O2/c1-2-15-4-3-9-20(15)11-16-7-8-18(23-16)13-5-6-14-12-22-19(21)17(14)10-13;2-1-3/h3-8,10,15H,2,9,11-12H2,1H3;1H,(H,2,3). The number of furan rings is 1. The highest BCUT2D eigenvalue weighted by Crippen LogP contribution is 2.29. The van der Waals surface area contributed by atoms with Gasteiger partial charge in [-0.15, -0.1) is 0 Å². The summed E-state index contributed by atoms with van der Waals surface area (Å²) >= 11 is 0. The van der Waals surface area contributed by atoms with Crippen LogP contribution in [0.25, 0.3) is 11.3 Å². The summed E-state index contributed by atoms with van der Waals surface area (Å²) in [6.07, 6.45) is 5.58. The molecule has 3 heterocycles. The van der Waals surface area contributed by atoms with E-state index >= 15 is 0 Å². The van der Waals surface area contributed by atoms with Crippen LogP contribution in [0.1, 0.15) is 35.0 Å². The van der Waals surface area contributed by atoms with E-state index < -0.39 is 0 Å². The van der Waals surface area contributed by atoms with E-state index in [0.717, 1.165) is 42.2 Å². The van der Waals surface area contributed by atoms with Gasteiger partial charge in [-0.3, -0.25) is 9.69 Å². The van der Waals surface area contributed by atoms with Gasteiger partial charge < -0.3 is 14.3 Å². The molecule has 26 heavy (non-hydrogen) atoms. The highest BCUT2D eigenvalue weighted by atomic mass is 16.5. The zero-order valence-electron chi connectivity index (χ0n) is 14.6. The largest absolute Gasteiger partial charge is 0.483 e. The van der Waals surface area contributed by atoms with Crippen molar-refractivity contribution in [2.24, 2.45) is 0 Å². The summed E-state index contributed by atoms with van der Waals surface area (Å²) < 4.78 is 11.0. The van der Waals surface area contributed by atoms with Gasteiger partial charge in [-0.25, -0.2) is 4.79 Å². The highest BCUT2D eigenvalue weighted by Gasteiger charge is 2.22. The Kier molecular flexibility index (Phi) is 5.53. The lowest BCUT2D eigenvalue weighted by atomic mass is 10.0. The van der Waals surface area contributed by atoms with Crippen LogP contribution in [0, 0.1) is 0 Å². The second-order valence-electron chi connectivity index (χ2n) is 6.15. The summed E-state index contributed by atoms with van der Waals surface area (Å²) in [4.78, 5) is 22.4. The fraction of sp³-hybridized carbons (Fsp3) is 0.300. The predicted molar refractivity (Wildman–Crippen MR) is 95.6 cm³/mol. The summed E-state index contributed by atoms with van der Waals surface area (Å²) in [5, 5.41) is 6.89. The number of fused-ring (bicyclic) bond motifs is 1. The van der Waals surface area contributed by atoms with E-state index in [-0.39, 0.29) is 12.4 Å². The lowest BCUT2D eigenvalue weighted by molar-refractivity contribution is -0.122. The van der Waals surface area contributed by atoms with Gasteiger partial charge in [-0.1, -0.05) is 31.2 Å². The van der Waals surface area contributed by atoms with Crippen LogP contribution in [0.15, 0.2) is 46.9 Å². The molecule has 2 aliphatic rings. The molecule has 1 unspecified atom stereocenters. The molecular weight excluding hydrogens is 334 g/mol. The smallest absolute Gasteiger partial charge is 0.338 e. The SMILES string of the molecule is CCC1C=CCN1Cc1ccc(-c2ccc3c(c2)C(=O)OC3)o1.O=CO. The number of hydrogen-bond donors (Lipinski definition) is 1. The number of carboxylic acid groups (broad SMARTS) is 1. The first-order valence-electron chi connectivity index (χ1n) is 8.54. The Balaban J connectivity index is 0.000000613. The van der Waals surface area contributed by atoms with Crippen molar-refractivity contribution in [2.45, 2.75) is 32.5 Å². The summed E-state index contributed by atoms with van der Waals surface area (Å²) in [5.74, 6) is 1.50. The lowest BCUT2D eigenvalue weighted by Crippen LogP contribution is -2.28. The Morgan fingerprint density at radius 3 is 2.88 bits per heavy atom. The molecule has 0 aliphatic carbocycles. The molecule has 0 bridgehead atoms. The minimum absolute atomic E-state index is 0.248. The van der Waals surface area contributed by atoms with E-state index in [2.05, 4.69) is 24.0 Å². The molecule has 1 N–H and O–H groups in total. The molecule has 136 valence electrons. The molecule has 1 aromatic heterocycles. The third-order valence-corrected chi connectivity index (χ3v) is 4.58. The van der Waals surface area contributed by atoms with Gasteiger partial charge in [-0.05, 0) is 24.6 Å². The van der Waals surface area contributed by atoms with Crippen molar-refractivity contribution < 1.29 is 23.8 Å². The number of cyclic esters (lactones) is 1. The first-order valence-corrected chi connectivity index (χ1v) is 8.54. The second-order valence-corrected chi connectivity index (χ2v) is 6.15. The number of hydrogen-bond acceptors (Lipinski definition) is 5. The monoisotopic (exact) mass is 355 g/mol. The average molecular weight is 355 g/mol. The van der Waals surface area contributed by atoms with E-state index in [1.54, 1.807) is 0 Å². The molecule has 1 aromatic carbocycles. The average Bonchev–Trinajstić information content (AvgIpc) is 3.37. The van der Waals surface area contributed by atoms with E-state index in [9.17, 15) is 4.79 Å². The van der Waals surface area contributed by atoms with E-state index in [1.807, 2.05) is 30.3 Å². The number of carbonyl (C=O) groups excluding carboxylic acids is 1. The third kappa shape index (κ3) is 3.70. The number of esters is 1. The Bertz CT molecular complexity index is 823. The molecule has 2 aromatic rings. The van der Waals surface area contributed by atoms with Gasteiger partial charge in [0, 0.05) is 23.7 Å². The van der Waals surface area contributed by atoms with Crippen molar-refractivity contribution in [3.8, 4) is 11.3 Å². The van der Waals surface area contributed by atoms with E-state index in [1.165, 1.54) is 0 Å². The van der Waals surface area contributed by atoms with Crippen molar-refractivity contribution in [3.63, 3.8) is 0 Å². The van der Waals surface area contributed by atoms with Gasteiger partial charge in [0.15, 0.2) is 0 Å². The molecule has 6 nitrogen and oxygen atoms in total. The second kappa shape index (κ2) is 8.01. The zero-order chi connectivity index (χ0) is 18.5. The molecule has 0 saturated carbocycles. The van der Waals surface area contributed by atoms with Gasteiger partial charge in [0.1, 0.15) is 18.1 Å². The van der Waals surface area contributed by atoms with Crippen LogP contribution in [0.3, 0.4) is 0 Å². The number of carbonyl (C=O) groups is 2. The Morgan fingerprint density at radius 1 is 1.31 bits per heavy atom. The van der Waals surface area contributed by atoms with Crippen molar-refractivity contribution >= 4 is 12.4 Å². The van der Waals surface area contributed by atoms with Crippen LogP contribution in [0.5, 0.6) is 0 Å². The van der Waals surface area contributed by atoms with Crippen molar-refractivity contribution in [2.75, 3.05) is 6.54 Å². The number of ether oxygens (including phenoxy) is 1.